The van der Waals surface area contributed by atoms with E-state index in [1.54, 1.807) is 0 Å². The summed E-state index contributed by atoms with van der Waals surface area (Å²) in [5.74, 6) is -0.473. The van der Waals surface area contributed by atoms with E-state index < -0.39 is 25.1 Å². The summed E-state index contributed by atoms with van der Waals surface area (Å²) in [6, 6.07) is 0. The maximum atomic E-state index is 11.9. The van der Waals surface area contributed by atoms with Crippen LogP contribution in [0.15, 0.2) is 0 Å². The van der Waals surface area contributed by atoms with E-state index in [1.165, 1.54) is 4.90 Å². The summed E-state index contributed by atoms with van der Waals surface area (Å²) in [6.45, 7) is 0.680. The van der Waals surface area contributed by atoms with E-state index in [4.69, 9.17) is 0 Å². The molecule has 1 heterocycles. The van der Waals surface area contributed by atoms with Crippen LogP contribution in [0.25, 0.3) is 0 Å². The van der Waals surface area contributed by atoms with Gasteiger partial charge < -0.3 is 10.2 Å². The van der Waals surface area contributed by atoms with Crippen molar-refractivity contribution in [1.29, 1.82) is 0 Å². The first kappa shape index (κ1) is 17.9. The zero-order valence-corrected chi connectivity index (χ0v) is 13.0. The molecule has 0 spiro atoms. The lowest BCUT2D eigenvalue weighted by atomic mass is 10.4. The number of hydrogen-bond donors (Lipinski definition) is 2. The Hall–Kier alpha value is -1.20. The highest BCUT2D eigenvalue weighted by molar-refractivity contribution is 7.95. The van der Waals surface area contributed by atoms with Gasteiger partial charge >= 0.3 is 0 Å². The summed E-state index contributed by atoms with van der Waals surface area (Å²) < 4.78 is 48.7. The van der Waals surface area contributed by atoms with E-state index in [0.29, 0.717) is 12.8 Å². The van der Waals surface area contributed by atoms with Gasteiger partial charge in [0, 0.05) is 26.2 Å². The van der Waals surface area contributed by atoms with Crippen molar-refractivity contribution in [3.05, 3.63) is 0 Å². The molecule has 1 atom stereocenters. The molecule has 1 aliphatic heterocycles. The van der Waals surface area contributed by atoms with Crippen molar-refractivity contribution in [3.63, 3.8) is 0 Å². The normalized spacial score (nSPS) is 20.9. The van der Waals surface area contributed by atoms with Crippen molar-refractivity contribution in [2.45, 2.75) is 11.7 Å². The fourth-order valence-corrected chi connectivity index (χ4v) is 6.01. The van der Waals surface area contributed by atoms with Crippen LogP contribution in [0, 0.1) is 0 Å². The van der Waals surface area contributed by atoms with E-state index in [0.717, 1.165) is 0 Å². The Morgan fingerprint density at radius 2 is 1.86 bits per heavy atom. The van der Waals surface area contributed by atoms with Crippen LogP contribution in [0.2, 0.25) is 0 Å². The first-order valence-corrected chi connectivity index (χ1v) is 9.73. The molecule has 0 unspecified atom stereocenters. The standard InChI is InChI=1S/C10H19N3O6S2/c14-8-11-2-4-13(9-15)5-3-12-21(18,19)10-1-6-20(16,17)7-10/h8-10,12H,1-7H2,(H,11,14)/t10-/m1/s1. The summed E-state index contributed by atoms with van der Waals surface area (Å²) in [7, 11) is -6.97. The highest BCUT2D eigenvalue weighted by Crippen LogP contribution is 2.17. The average molecular weight is 341 g/mol. The summed E-state index contributed by atoms with van der Waals surface area (Å²) in [4.78, 5) is 22.1. The number of hydrogen-bond acceptors (Lipinski definition) is 6. The van der Waals surface area contributed by atoms with Crippen LogP contribution in [-0.4, -0.2) is 77.5 Å². The zero-order valence-electron chi connectivity index (χ0n) is 11.4. The van der Waals surface area contributed by atoms with E-state index in [-0.39, 0.29) is 44.1 Å². The average Bonchev–Trinajstić information content (AvgIpc) is 2.78. The molecule has 0 aromatic rings. The number of amides is 2. The predicted octanol–water partition coefficient (Wildman–Crippen LogP) is -2.70. The number of sulfone groups is 1. The molecule has 122 valence electrons. The molecule has 11 heteroatoms. The third kappa shape index (κ3) is 5.98. The molecule has 21 heavy (non-hydrogen) atoms. The minimum absolute atomic E-state index is 0.00128. The molecule has 0 radical (unpaired) electrons. The molecular weight excluding hydrogens is 322 g/mol. The van der Waals surface area contributed by atoms with Crippen molar-refractivity contribution in [2.24, 2.45) is 0 Å². The van der Waals surface area contributed by atoms with Gasteiger partial charge in [-0.15, -0.1) is 0 Å². The summed E-state index contributed by atoms with van der Waals surface area (Å²) in [5, 5.41) is 1.46. The smallest absolute Gasteiger partial charge is 0.215 e. The minimum atomic E-state index is -3.70. The molecule has 1 fully saturated rings. The number of nitrogens with one attached hydrogen (secondary N) is 2. The van der Waals surface area contributed by atoms with Crippen LogP contribution >= 0.6 is 0 Å². The van der Waals surface area contributed by atoms with Crippen LogP contribution in [0.3, 0.4) is 0 Å². The molecule has 9 nitrogen and oxygen atoms in total. The number of nitrogens with zero attached hydrogens (tertiary/aromatic N) is 1. The first-order valence-electron chi connectivity index (χ1n) is 6.36. The van der Waals surface area contributed by atoms with Crippen molar-refractivity contribution in [3.8, 4) is 0 Å². The van der Waals surface area contributed by atoms with Gasteiger partial charge in [0.15, 0.2) is 9.84 Å². The van der Waals surface area contributed by atoms with Crippen molar-refractivity contribution in [2.75, 3.05) is 37.7 Å². The van der Waals surface area contributed by atoms with Gasteiger partial charge in [-0.2, -0.15) is 0 Å². The van der Waals surface area contributed by atoms with E-state index >= 15 is 0 Å². The van der Waals surface area contributed by atoms with Gasteiger partial charge in [-0.1, -0.05) is 0 Å². The summed E-state index contributed by atoms with van der Waals surface area (Å²) in [6.07, 6.45) is 1.16. The second-order valence-electron chi connectivity index (χ2n) is 4.68. The maximum Gasteiger partial charge on any atom is 0.215 e. The lowest BCUT2D eigenvalue weighted by molar-refractivity contribution is -0.118. The molecule has 1 saturated heterocycles. The molecule has 2 N–H and O–H groups in total. The Labute approximate surface area is 124 Å². The second kappa shape index (κ2) is 7.71. The fourth-order valence-electron chi connectivity index (χ4n) is 1.94. The Kier molecular flexibility index (Phi) is 6.55. The van der Waals surface area contributed by atoms with Crippen LogP contribution in [-0.2, 0) is 29.4 Å². The Bertz CT molecular complexity index is 559. The predicted molar refractivity (Wildman–Crippen MR) is 75.7 cm³/mol. The van der Waals surface area contributed by atoms with Crippen LogP contribution in [0.1, 0.15) is 6.42 Å². The quantitative estimate of drug-likeness (QED) is 0.328. The number of rotatable bonds is 10. The molecule has 1 aliphatic rings. The van der Waals surface area contributed by atoms with Gasteiger partial charge in [-0.25, -0.2) is 21.6 Å². The Morgan fingerprint density at radius 3 is 2.38 bits per heavy atom. The third-order valence-electron chi connectivity index (χ3n) is 3.11. The lowest BCUT2D eigenvalue weighted by Crippen LogP contribution is -2.41. The van der Waals surface area contributed by atoms with E-state index in [1.807, 2.05) is 0 Å². The number of carbonyl (C=O) groups excluding carboxylic acids is 2. The molecule has 2 amide bonds. The number of carbonyl (C=O) groups is 2. The zero-order chi connectivity index (χ0) is 15.9. The van der Waals surface area contributed by atoms with Crippen LogP contribution in [0.5, 0.6) is 0 Å². The largest absolute Gasteiger partial charge is 0.357 e. The molecule has 1 rings (SSSR count). The second-order valence-corrected chi connectivity index (χ2v) is 8.95. The molecule has 0 aliphatic carbocycles. The van der Waals surface area contributed by atoms with Gasteiger partial charge in [0.1, 0.15) is 0 Å². The minimum Gasteiger partial charge on any atom is -0.357 e. The molecule has 0 aromatic carbocycles. The van der Waals surface area contributed by atoms with Gasteiger partial charge in [0.25, 0.3) is 0 Å². The Morgan fingerprint density at radius 1 is 1.19 bits per heavy atom. The molecule has 0 saturated carbocycles. The fraction of sp³-hybridized carbons (Fsp3) is 0.800. The summed E-state index contributed by atoms with van der Waals surface area (Å²) >= 11 is 0. The van der Waals surface area contributed by atoms with Crippen LogP contribution < -0.4 is 10.0 Å². The topological polar surface area (TPSA) is 130 Å². The van der Waals surface area contributed by atoms with Crippen molar-refractivity contribution in [1.82, 2.24) is 14.9 Å². The Balaban J connectivity index is 2.39. The van der Waals surface area contributed by atoms with Gasteiger partial charge in [0.2, 0.25) is 22.8 Å². The van der Waals surface area contributed by atoms with Gasteiger partial charge in [-0.05, 0) is 6.42 Å². The maximum absolute atomic E-state index is 11.9. The van der Waals surface area contributed by atoms with Gasteiger partial charge in [0.05, 0.1) is 16.8 Å². The number of sulfonamides is 1. The first-order chi connectivity index (χ1) is 9.80. The van der Waals surface area contributed by atoms with E-state index in [2.05, 4.69) is 10.0 Å². The highest BCUT2D eigenvalue weighted by atomic mass is 32.2. The lowest BCUT2D eigenvalue weighted by Gasteiger charge is -2.18. The van der Waals surface area contributed by atoms with Crippen LogP contribution in [0.4, 0.5) is 0 Å². The monoisotopic (exact) mass is 341 g/mol. The van der Waals surface area contributed by atoms with E-state index in [9.17, 15) is 26.4 Å². The van der Waals surface area contributed by atoms with Gasteiger partial charge in [-0.3, -0.25) is 9.59 Å². The molecule has 0 aromatic heterocycles. The molecular formula is C10H19N3O6S2. The SMILES string of the molecule is O=CNCCN(C=O)CCNS(=O)(=O)[C@@H]1CCS(=O)(=O)C1. The van der Waals surface area contributed by atoms with Crippen molar-refractivity contribution >= 4 is 32.7 Å². The van der Waals surface area contributed by atoms with Crippen molar-refractivity contribution < 1.29 is 26.4 Å². The third-order valence-corrected chi connectivity index (χ3v) is 6.97. The highest BCUT2D eigenvalue weighted by Gasteiger charge is 2.36. The molecule has 0 bridgehead atoms. The summed E-state index contributed by atoms with van der Waals surface area (Å²) in [5.41, 5.74) is 0.